The largest absolute Gasteiger partial charge is 0.497 e. The summed E-state index contributed by atoms with van der Waals surface area (Å²) >= 11 is 0. The number of ether oxygens (including phenoxy) is 2. The molecule has 0 unspecified atom stereocenters. The molecule has 0 aliphatic rings. The minimum absolute atomic E-state index is 0.0503. The van der Waals surface area contributed by atoms with Gasteiger partial charge in [0.2, 0.25) is 0 Å². The number of esters is 1. The Bertz CT molecular complexity index is 1080. The number of carbonyl (C=O) groups excluding carboxylic acids is 3. The van der Waals surface area contributed by atoms with Crippen molar-refractivity contribution < 1.29 is 23.9 Å². The van der Waals surface area contributed by atoms with E-state index < -0.39 is 5.97 Å². The number of methoxy groups -OCH3 is 1. The lowest BCUT2D eigenvalue weighted by Crippen LogP contribution is -2.30. The Hall–Kier alpha value is -3.67. The van der Waals surface area contributed by atoms with Gasteiger partial charge in [-0.05, 0) is 34.5 Å². The van der Waals surface area contributed by atoms with Gasteiger partial charge in [0, 0.05) is 25.6 Å². The summed E-state index contributed by atoms with van der Waals surface area (Å²) in [4.78, 5) is 37.8. The van der Waals surface area contributed by atoms with Crippen LogP contribution in [0.3, 0.4) is 0 Å². The Kier molecular flexibility index (Phi) is 7.38. The fourth-order valence-corrected chi connectivity index (χ4v) is 3.17. The van der Waals surface area contributed by atoms with Crippen molar-refractivity contribution >= 4 is 28.4 Å². The van der Waals surface area contributed by atoms with E-state index in [1.165, 1.54) is 4.90 Å². The first kappa shape index (κ1) is 22.0. The van der Waals surface area contributed by atoms with Gasteiger partial charge in [-0.2, -0.15) is 0 Å². The molecule has 0 spiro atoms. The van der Waals surface area contributed by atoms with Crippen molar-refractivity contribution in [2.24, 2.45) is 0 Å². The SMILES string of the molecule is COc1ccc2cc(CN(C)C(=O)COC(=O)CCC(=O)c3ccccc3)ccc2c1. The second-order valence-corrected chi connectivity index (χ2v) is 7.25. The van der Waals surface area contributed by atoms with Crippen LogP contribution in [0, 0.1) is 0 Å². The third-order valence-electron chi connectivity index (χ3n) is 4.97. The number of carbonyl (C=O) groups is 3. The summed E-state index contributed by atoms with van der Waals surface area (Å²) in [6.07, 6.45) is -0.00634. The van der Waals surface area contributed by atoms with E-state index in [-0.39, 0.29) is 31.1 Å². The van der Waals surface area contributed by atoms with E-state index in [2.05, 4.69) is 0 Å². The smallest absolute Gasteiger partial charge is 0.306 e. The lowest BCUT2D eigenvalue weighted by molar-refractivity contribution is -0.151. The molecule has 160 valence electrons. The Morgan fingerprint density at radius 2 is 1.58 bits per heavy atom. The van der Waals surface area contributed by atoms with Crippen LogP contribution in [0.25, 0.3) is 10.8 Å². The van der Waals surface area contributed by atoms with Crippen LogP contribution in [0.4, 0.5) is 0 Å². The van der Waals surface area contributed by atoms with Crippen molar-refractivity contribution in [3.63, 3.8) is 0 Å². The van der Waals surface area contributed by atoms with Crippen LogP contribution < -0.4 is 4.74 Å². The van der Waals surface area contributed by atoms with Gasteiger partial charge < -0.3 is 14.4 Å². The normalized spacial score (nSPS) is 10.5. The maximum atomic E-state index is 12.3. The topological polar surface area (TPSA) is 72.9 Å². The highest BCUT2D eigenvalue weighted by Crippen LogP contribution is 2.22. The van der Waals surface area contributed by atoms with E-state index >= 15 is 0 Å². The van der Waals surface area contributed by atoms with Crippen LogP contribution in [0.1, 0.15) is 28.8 Å². The van der Waals surface area contributed by atoms with Gasteiger partial charge in [0.1, 0.15) is 5.75 Å². The summed E-state index contributed by atoms with van der Waals surface area (Å²) < 4.78 is 10.3. The van der Waals surface area contributed by atoms with Crippen LogP contribution in [0.2, 0.25) is 0 Å². The Morgan fingerprint density at radius 3 is 2.32 bits per heavy atom. The van der Waals surface area contributed by atoms with Crippen molar-refractivity contribution in [1.29, 1.82) is 0 Å². The zero-order chi connectivity index (χ0) is 22.2. The minimum atomic E-state index is -0.564. The van der Waals surface area contributed by atoms with Crippen LogP contribution in [0.15, 0.2) is 66.7 Å². The Morgan fingerprint density at radius 1 is 0.871 bits per heavy atom. The van der Waals surface area contributed by atoms with Gasteiger partial charge in [0.15, 0.2) is 12.4 Å². The van der Waals surface area contributed by atoms with Gasteiger partial charge in [-0.3, -0.25) is 14.4 Å². The lowest BCUT2D eigenvalue weighted by atomic mass is 10.1. The summed E-state index contributed by atoms with van der Waals surface area (Å²) in [5, 5.41) is 2.10. The number of Topliss-reactive ketones (excluding diaryl/α,β-unsaturated/α-hetero) is 1. The first-order valence-electron chi connectivity index (χ1n) is 10.0. The van der Waals surface area contributed by atoms with E-state index in [9.17, 15) is 14.4 Å². The van der Waals surface area contributed by atoms with Gasteiger partial charge in [-0.1, -0.05) is 48.5 Å². The van der Waals surface area contributed by atoms with Gasteiger partial charge in [-0.25, -0.2) is 0 Å². The zero-order valence-corrected chi connectivity index (χ0v) is 17.7. The number of benzene rings is 3. The molecule has 0 aliphatic carbocycles. The fraction of sp³-hybridized carbons (Fsp3) is 0.240. The van der Waals surface area contributed by atoms with Crippen molar-refractivity contribution in [3.05, 3.63) is 77.9 Å². The number of fused-ring (bicyclic) bond motifs is 1. The Labute approximate surface area is 181 Å². The quantitative estimate of drug-likeness (QED) is 0.387. The Balaban J connectivity index is 1.46. The molecule has 0 heterocycles. The molecule has 1 amide bonds. The molecule has 0 saturated carbocycles. The highest BCUT2D eigenvalue weighted by atomic mass is 16.5. The van der Waals surface area contributed by atoms with Gasteiger partial charge >= 0.3 is 5.97 Å². The number of amides is 1. The van der Waals surface area contributed by atoms with Crippen LogP contribution >= 0.6 is 0 Å². The second kappa shape index (κ2) is 10.4. The highest BCUT2D eigenvalue weighted by Gasteiger charge is 2.14. The molecule has 6 nitrogen and oxygen atoms in total. The highest BCUT2D eigenvalue weighted by molar-refractivity contribution is 5.97. The van der Waals surface area contributed by atoms with E-state index in [1.54, 1.807) is 38.4 Å². The van der Waals surface area contributed by atoms with Crippen LogP contribution in [-0.4, -0.2) is 43.3 Å². The maximum Gasteiger partial charge on any atom is 0.306 e. The number of nitrogens with zero attached hydrogens (tertiary/aromatic N) is 1. The molecule has 3 aromatic carbocycles. The molecule has 0 N–H and O–H groups in total. The predicted octanol–water partition coefficient (Wildman–Crippen LogP) is 4.01. The monoisotopic (exact) mass is 419 g/mol. The standard InChI is InChI=1S/C25H25NO5/c1-26(16-18-8-9-21-15-22(30-2)11-10-20(21)14-18)24(28)17-31-25(29)13-12-23(27)19-6-4-3-5-7-19/h3-11,14-15H,12-13,16-17H2,1-2H3. The van der Waals surface area contributed by atoms with Crippen molar-refractivity contribution in [2.45, 2.75) is 19.4 Å². The summed E-state index contributed by atoms with van der Waals surface area (Å²) in [6.45, 7) is 0.0461. The van der Waals surface area contributed by atoms with Gasteiger partial charge in [-0.15, -0.1) is 0 Å². The minimum Gasteiger partial charge on any atom is -0.497 e. The van der Waals surface area contributed by atoms with Crippen molar-refractivity contribution in [3.8, 4) is 5.75 Å². The second-order valence-electron chi connectivity index (χ2n) is 7.25. The summed E-state index contributed by atoms with van der Waals surface area (Å²) in [6, 6.07) is 20.5. The first-order chi connectivity index (χ1) is 15.0. The molecule has 0 aromatic heterocycles. The zero-order valence-electron chi connectivity index (χ0n) is 17.7. The molecule has 31 heavy (non-hydrogen) atoms. The molecule has 3 aromatic rings. The van der Waals surface area contributed by atoms with E-state index in [0.29, 0.717) is 12.1 Å². The summed E-state index contributed by atoms with van der Waals surface area (Å²) in [5.41, 5.74) is 1.52. The molecular formula is C25H25NO5. The first-order valence-corrected chi connectivity index (χ1v) is 10.0. The van der Waals surface area contributed by atoms with E-state index in [1.807, 2.05) is 42.5 Å². The molecule has 0 aliphatic heterocycles. The van der Waals surface area contributed by atoms with E-state index in [0.717, 1.165) is 22.1 Å². The van der Waals surface area contributed by atoms with Gasteiger partial charge in [0.05, 0.1) is 13.5 Å². The third kappa shape index (κ3) is 6.15. The predicted molar refractivity (Wildman–Crippen MR) is 118 cm³/mol. The number of likely N-dealkylation sites (N-methyl/N-ethyl adjacent to an activating group) is 1. The average molecular weight is 419 g/mol. The van der Waals surface area contributed by atoms with E-state index in [4.69, 9.17) is 9.47 Å². The summed E-state index contributed by atoms with van der Waals surface area (Å²) in [5.74, 6) is -0.210. The molecule has 0 bridgehead atoms. The average Bonchev–Trinajstić information content (AvgIpc) is 2.81. The number of hydrogen-bond acceptors (Lipinski definition) is 5. The molecule has 0 fully saturated rings. The molecule has 6 heteroatoms. The van der Waals surface area contributed by atoms with Crippen LogP contribution in [0.5, 0.6) is 5.75 Å². The lowest BCUT2D eigenvalue weighted by Gasteiger charge is -2.17. The molecule has 0 radical (unpaired) electrons. The summed E-state index contributed by atoms with van der Waals surface area (Å²) in [7, 11) is 3.29. The van der Waals surface area contributed by atoms with Gasteiger partial charge in [0.25, 0.3) is 5.91 Å². The van der Waals surface area contributed by atoms with Crippen molar-refractivity contribution in [1.82, 2.24) is 4.90 Å². The molecule has 0 atom stereocenters. The number of ketones is 1. The van der Waals surface area contributed by atoms with Crippen molar-refractivity contribution in [2.75, 3.05) is 20.8 Å². The fourth-order valence-electron chi connectivity index (χ4n) is 3.17. The van der Waals surface area contributed by atoms with Crippen LogP contribution in [-0.2, 0) is 20.9 Å². The molecule has 0 saturated heterocycles. The molecular weight excluding hydrogens is 394 g/mol. The molecule has 3 rings (SSSR count). The number of rotatable bonds is 9. The number of hydrogen-bond donors (Lipinski definition) is 0. The third-order valence-corrected chi connectivity index (χ3v) is 4.97. The maximum absolute atomic E-state index is 12.3.